The Morgan fingerprint density at radius 3 is 2.71 bits per heavy atom. The van der Waals surface area contributed by atoms with Crippen LogP contribution < -0.4 is 5.32 Å². The van der Waals surface area contributed by atoms with Gasteiger partial charge in [-0.2, -0.15) is 0 Å². The lowest BCUT2D eigenvalue weighted by molar-refractivity contribution is -0.384. The molecular weight excluding hydrogens is 255 g/mol. The molecule has 1 aromatic rings. The summed E-state index contributed by atoms with van der Waals surface area (Å²) < 4.78 is 13.1. The molecule has 1 atom stereocenters. The topological polar surface area (TPSA) is 92.5 Å². The Balaban J connectivity index is 3.17. The molecule has 0 aliphatic rings. The van der Waals surface area contributed by atoms with Gasteiger partial charge < -0.3 is 10.4 Å². The summed E-state index contributed by atoms with van der Waals surface area (Å²) in [4.78, 5) is 20.5. The van der Waals surface area contributed by atoms with Crippen LogP contribution in [0.1, 0.15) is 6.92 Å². The Labute approximate surface area is 100 Å². The molecule has 0 heterocycles. The number of hydrogen-bond acceptors (Lipinski definition) is 4. The van der Waals surface area contributed by atoms with Gasteiger partial charge in [0.25, 0.3) is 5.69 Å². The molecule has 0 fully saturated rings. The van der Waals surface area contributed by atoms with Gasteiger partial charge in [0, 0.05) is 12.1 Å². The molecule has 6 nitrogen and oxygen atoms in total. The second kappa shape index (κ2) is 4.96. The number of nitrogens with one attached hydrogen (secondary N) is 1. The van der Waals surface area contributed by atoms with Crippen molar-refractivity contribution >= 4 is 28.9 Å². The number of carboxylic acids is 1. The molecule has 0 amide bonds. The van der Waals surface area contributed by atoms with Gasteiger partial charge in [0.05, 0.1) is 9.95 Å². The van der Waals surface area contributed by atoms with E-state index < -0.39 is 33.5 Å². The van der Waals surface area contributed by atoms with Gasteiger partial charge >= 0.3 is 5.97 Å². The monoisotopic (exact) mass is 262 g/mol. The van der Waals surface area contributed by atoms with Gasteiger partial charge in [0.2, 0.25) is 0 Å². The molecule has 1 aromatic carbocycles. The average Bonchev–Trinajstić information content (AvgIpc) is 2.22. The van der Waals surface area contributed by atoms with Crippen molar-refractivity contribution in [3.63, 3.8) is 0 Å². The summed E-state index contributed by atoms with van der Waals surface area (Å²) in [5, 5.41) is 21.2. The van der Waals surface area contributed by atoms with Crippen LogP contribution in [-0.2, 0) is 4.79 Å². The number of hydrogen-bond donors (Lipinski definition) is 2. The number of halogens is 2. The van der Waals surface area contributed by atoms with Crippen LogP contribution in [0, 0.1) is 15.9 Å². The molecule has 1 unspecified atom stereocenters. The summed E-state index contributed by atoms with van der Waals surface area (Å²) in [6, 6.07) is 0.530. The lowest BCUT2D eigenvalue weighted by Gasteiger charge is -2.11. The molecule has 0 spiro atoms. The van der Waals surface area contributed by atoms with Crippen LogP contribution in [0.5, 0.6) is 0 Å². The lowest BCUT2D eigenvalue weighted by Crippen LogP contribution is -2.25. The summed E-state index contributed by atoms with van der Waals surface area (Å²) in [5.74, 6) is -2.08. The Morgan fingerprint density at radius 2 is 2.24 bits per heavy atom. The summed E-state index contributed by atoms with van der Waals surface area (Å²) in [7, 11) is 0. The van der Waals surface area contributed by atoms with Crippen LogP contribution in [-0.4, -0.2) is 22.0 Å². The highest BCUT2D eigenvalue weighted by atomic mass is 35.5. The fourth-order valence-electron chi connectivity index (χ4n) is 1.10. The third-order valence-corrected chi connectivity index (χ3v) is 2.27. The highest BCUT2D eigenvalue weighted by Crippen LogP contribution is 2.30. The standard InChI is InChI=1S/C9H8ClFN2O4/c1-4(9(14)15)12-7-3-6(11)5(10)2-8(7)13(16)17/h2-4,12H,1H3,(H,14,15). The largest absolute Gasteiger partial charge is 0.480 e. The van der Waals surface area contributed by atoms with Gasteiger partial charge in [0.15, 0.2) is 0 Å². The molecule has 92 valence electrons. The number of benzene rings is 1. The first kappa shape index (κ1) is 13.2. The van der Waals surface area contributed by atoms with Gasteiger partial charge in [-0.1, -0.05) is 11.6 Å². The van der Waals surface area contributed by atoms with Crippen molar-refractivity contribution in [2.24, 2.45) is 0 Å². The number of aliphatic carboxylic acids is 1. The van der Waals surface area contributed by atoms with Crippen LogP contribution >= 0.6 is 11.6 Å². The predicted molar refractivity (Wildman–Crippen MR) is 58.8 cm³/mol. The van der Waals surface area contributed by atoms with Gasteiger partial charge in [-0.25, -0.2) is 4.39 Å². The molecule has 0 aromatic heterocycles. The second-order valence-electron chi connectivity index (χ2n) is 3.24. The summed E-state index contributed by atoms with van der Waals surface area (Å²) in [5.41, 5.74) is -0.712. The first-order chi connectivity index (χ1) is 7.82. The maximum Gasteiger partial charge on any atom is 0.325 e. The Bertz CT molecular complexity index is 480. The zero-order chi connectivity index (χ0) is 13.2. The van der Waals surface area contributed by atoms with E-state index in [0.29, 0.717) is 0 Å². The van der Waals surface area contributed by atoms with Crippen molar-refractivity contribution in [1.29, 1.82) is 0 Å². The van der Waals surface area contributed by atoms with E-state index in [4.69, 9.17) is 16.7 Å². The highest BCUT2D eigenvalue weighted by molar-refractivity contribution is 6.31. The molecule has 8 heteroatoms. The number of carboxylic acid groups (broad SMARTS) is 1. The van der Waals surface area contributed by atoms with E-state index in [1.54, 1.807) is 0 Å². The van der Waals surface area contributed by atoms with E-state index in [1.165, 1.54) is 6.92 Å². The van der Waals surface area contributed by atoms with Crippen molar-refractivity contribution in [1.82, 2.24) is 0 Å². The van der Waals surface area contributed by atoms with Gasteiger partial charge in [0.1, 0.15) is 17.5 Å². The number of carbonyl (C=O) groups is 1. The molecule has 17 heavy (non-hydrogen) atoms. The fourth-order valence-corrected chi connectivity index (χ4v) is 1.26. The van der Waals surface area contributed by atoms with Crippen molar-refractivity contribution in [3.05, 3.63) is 33.1 Å². The molecular formula is C9H8ClFN2O4. The summed E-state index contributed by atoms with van der Waals surface area (Å²) >= 11 is 5.41. The van der Waals surface area contributed by atoms with E-state index in [9.17, 15) is 19.3 Å². The normalized spacial score (nSPS) is 11.9. The van der Waals surface area contributed by atoms with Crippen LogP contribution in [0.25, 0.3) is 0 Å². The third-order valence-electron chi connectivity index (χ3n) is 1.98. The number of rotatable bonds is 4. The molecule has 0 saturated heterocycles. The minimum Gasteiger partial charge on any atom is -0.480 e. The number of nitrogens with zero attached hydrogens (tertiary/aromatic N) is 1. The summed E-state index contributed by atoms with van der Waals surface area (Å²) in [6.45, 7) is 1.28. The van der Waals surface area contributed by atoms with Gasteiger partial charge in [-0.15, -0.1) is 0 Å². The highest BCUT2D eigenvalue weighted by Gasteiger charge is 2.21. The van der Waals surface area contributed by atoms with E-state index in [1.807, 2.05) is 0 Å². The molecule has 0 aliphatic carbocycles. The Morgan fingerprint density at radius 1 is 1.65 bits per heavy atom. The van der Waals surface area contributed by atoms with Crippen LogP contribution in [0.15, 0.2) is 12.1 Å². The van der Waals surface area contributed by atoms with Crippen LogP contribution in [0.4, 0.5) is 15.8 Å². The van der Waals surface area contributed by atoms with E-state index in [-0.39, 0.29) is 5.69 Å². The third kappa shape index (κ3) is 3.04. The Hall–Kier alpha value is -1.89. The number of nitro benzene ring substituents is 1. The first-order valence-electron chi connectivity index (χ1n) is 4.45. The van der Waals surface area contributed by atoms with Crippen LogP contribution in [0.3, 0.4) is 0 Å². The van der Waals surface area contributed by atoms with Crippen molar-refractivity contribution in [2.75, 3.05) is 5.32 Å². The van der Waals surface area contributed by atoms with Gasteiger partial charge in [-0.05, 0) is 6.92 Å². The zero-order valence-corrected chi connectivity index (χ0v) is 9.36. The molecule has 2 N–H and O–H groups in total. The zero-order valence-electron chi connectivity index (χ0n) is 8.61. The molecule has 0 bridgehead atoms. The minimum absolute atomic E-state index is 0.230. The number of anilines is 1. The van der Waals surface area contributed by atoms with E-state index >= 15 is 0 Å². The lowest BCUT2D eigenvalue weighted by atomic mass is 10.2. The van der Waals surface area contributed by atoms with Crippen molar-refractivity contribution in [2.45, 2.75) is 13.0 Å². The van der Waals surface area contributed by atoms with Gasteiger partial charge in [-0.3, -0.25) is 14.9 Å². The van der Waals surface area contributed by atoms with E-state index in [2.05, 4.69) is 5.32 Å². The molecule has 1 rings (SSSR count). The predicted octanol–water partition coefficient (Wildman–Crippen LogP) is 2.27. The van der Waals surface area contributed by atoms with Crippen molar-refractivity contribution < 1.29 is 19.2 Å². The average molecular weight is 263 g/mol. The first-order valence-corrected chi connectivity index (χ1v) is 4.83. The minimum atomic E-state index is -1.21. The Kier molecular flexibility index (Phi) is 3.84. The van der Waals surface area contributed by atoms with Crippen molar-refractivity contribution in [3.8, 4) is 0 Å². The molecule has 0 aliphatic heterocycles. The maximum absolute atomic E-state index is 13.1. The van der Waals surface area contributed by atoms with E-state index in [0.717, 1.165) is 12.1 Å². The maximum atomic E-state index is 13.1. The SMILES string of the molecule is CC(Nc1cc(F)c(Cl)cc1[N+](=O)[O-])C(=O)O. The second-order valence-corrected chi connectivity index (χ2v) is 3.65. The van der Waals surface area contributed by atoms with Crippen LogP contribution in [0.2, 0.25) is 5.02 Å². The molecule has 0 radical (unpaired) electrons. The smallest absolute Gasteiger partial charge is 0.325 e. The fraction of sp³-hybridized carbons (Fsp3) is 0.222. The summed E-state index contributed by atoms with van der Waals surface area (Å²) in [6.07, 6.45) is 0. The number of nitro groups is 1. The molecule has 0 saturated carbocycles. The quantitative estimate of drug-likeness (QED) is 0.641.